The lowest BCUT2D eigenvalue weighted by molar-refractivity contribution is -0.105. The highest BCUT2D eigenvalue weighted by Crippen LogP contribution is 2.18. The Hall–Kier alpha value is -0.960. The van der Waals surface area contributed by atoms with Crippen LogP contribution in [0.3, 0.4) is 0 Å². The number of carbonyl (C=O) groups excluding carboxylic acids is 1. The normalized spacial score (nSPS) is 11.8. The summed E-state index contributed by atoms with van der Waals surface area (Å²) in [4.78, 5) is 14.8. The van der Waals surface area contributed by atoms with Gasteiger partial charge in [-0.05, 0) is 30.8 Å². The number of carbonyl (C=O) groups is 1. The van der Waals surface area contributed by atoms with Gasteiger partial charge < -0.3 is 0 Å². The van der Waals surface area contributed by atoms with Crippen molar-refractivity contribution in [2.75, 3.05) is 0 Å². The van der Waals surface area contributed by atoms with E-state index in [4.69, 9.17) is 0 Å². The molecule has 0 spiro atoms. The summed E-state index contributed by atoms with van der Waals surface area (Å²) >= 11 is 1.75. The van der Waals surface area contributed by atoms with Crippen molar-refractivity contribution in [3.8, 4) is 0 Å². The van der Waals surface area contributed by atoms with Crippen molar-refractivity contribution in [2.24, 2.45) is 11.8 Å². The van der Waals surface area contributed by atoms with E-state index < -0.39 is 0 Å². The zero-order valence-corrected chi connectivity index (χ0v) is 14.8. The van der Waals surface area contributed by atoms with Crippen LogP contribution in [0.15, 0.2) is 17.0 Å². The lowest BCUT2D eigenvalue weighted by atomic mass is 10.0. The lowest BCUT2D eigenvalue weighted by Gasteiger charge is -2.04. The molecule has 1 aromatic rings. The summed E-state index contributed by atoms with van der Waals surface area (Å²) in [5.41, 5.74) is 2.07. The molecule has 3 heteroatoms. The summed E-state index contributed by atoms with van der Waals surface area (Å²) in [6, 6.07) is 0. The van der Waals surface area contributed by atoms with E-state index in [1.807, 2.05) is 26.8 Å². The number of hydrogen-bond donors (Lipinski definition) is 0. The number of aromatic nitrogens is 1. The lowest BCUT2D eigenvalue weighted by Crippen LogP contribution is -1.96. The topological polar surface area (TPSA) is 30.0 Å². The van der Waals surface area contributed by atoms with Crippen molar-refractivity contribution in [3.05, 3.63) is 27.7 Å². The van der Waals surface area contributed by atoms with Gasteiger partial charge in [0, 0.05) is 17.0 Å². The molecular formula is C17H29NOS. The first kappa shape index (κ1) is 19.0. The second-order valence-electron chi connectivity index (χ2n) is 6.09. The molecule has 0 N–H and O–H groups in total. The Balaban J connectivity index is 0.000000367. The van der Waals surface area contributed by atoms with Crippen molar-refractivity contribution < 1.29 is 4.79 Å². The van der Waals surface area contributed by atoms with Crippen LogP contribution in [0.5, 0.6) is 0 Å². The third kappa shape index (κ3) is 8.26. The highest BCUT2D eigenvalue weighted by atomic mass is 32.1. The monoisotopic (exact) mass is 295 g/mol. The molecule has 0 aliphatic heterocycles. The van der Waals surface area contributed by atoms with E-state index in [1.54, 1.807) is 11.3 Å². The molecule has 1 aromatic heterocycles. The van der Waals surface area contributed by atoms with E-state index in [-0.39, 0.29) is 0 Å². The highest BCUT2D eigenvalue weighted by molar-refractivity contribution is 7.09. The van der Waals surface area contributed by atoms with Gasteiger partial charge in [-0.2, -0.15) is 0 Å². The first-order valence-corrected chi connectivity index (χ1v) is 8.23. The molecule has 0 saturated heterocycles. The Morgan fingerprint density at radius 2 is 1.85 bits per heavy atom. The van der Waals surface area contributed by atoms with Gasteiger partial charge in [-0.15, -0.1) is 11.3 Å². The van der Waals surface area contributed by atoms with E-state index in [0.717, 1.165) is 24.0 Å². The van der Waals surface area contributed by atoms with Crippen LogP contribution in [0, 0.1) is 18.8 Å². The van der Waals surface area contributed by atoms with Crippen LogP contribution in [-0.4, -0.2) is 11.3 Å². The number of aldehydes is 1. The molecule has 1 heterocycles. The maximum Gasteiger partial charge on any atom is 0.145 e. The predicted octanol–water partition coefficient (Wildman–Crippen LogP) is 5.39. The molecule has 0 unspecified atom stereocenters. The molecule has 0 fully saturated rings. The van der Waals surface area contributed by atoms with E-state index in [9.17, 15) is 4.79 Å². The van der Waals surface area contributed by atoms with Gasteiger partial charge in [0.05, 0.1) is 5.01 Å². The summed E-state index contributed by atoms with van der Waals surface area (Å²) in [5, 5.41) is 3.34. The van der Waals surface area contributed by atoms with Gasteiger partial charge in [-0.3, -0.25) is 4.79 Å². The maximum absolute atomic E-state index is 10.5. The smallest absolute Gasteiger partial charge is 0.145 e. The second kappa shape index (κ2) is 9.87. The van der Waals surface area contributed by atoms with Crippen molar-refractivity contribution >= 4 is 17.6 Å². The first-order chi connectivity index (χ1) is 9.27. The Morgan fingerprint density at radius 3 is 2.10 bits per heavy atom. The molecule has 0 aliphatic carbocycles. The van der Waals surface area contributed by atoms with Crippen LogP contribution in [0.2, 0.25) is 0 Å². The summed E-state index contributed by atoms with van der Waals surface area (Å²) in [5.74, 6) is 1.60. The summed E-state index contributed by atoms with van der Waals surface area (Å²) in [6.45, 7) is 14.7. The van der Waals surface area contributed by atoms with Gasteiger partial charge in [-0.1, -0.05) is 47.6 Å². The van der Waals surface area contributed by atoms with Crippen LogP contribution < -0.4 is 0 Å². The van der Waals surface area contributed by atoms with Gasteiger partial charge in [0.25, 0.3) is 0 Å². The van der Waals surface area contributed by atoms with Gasteiger partial charge >= 0.3 is 0 Å². The van der Waals surface area contributed by atoms with Crippen molar-refractivity contribution in [1.82, 2.24) is 4.98 Å². The van der Waals surface area contributed by atoms with Gasteiger partial charge in [0.15, 0.2) is 0 Å². The molecule has 1 rings (SSSR count). The number of rotatable bonds is 5. The Labute approximate surface area is 128 Å². The molecule has 2 nitrogen and oxygen atoms in total. The second-order valence-corrected chi connectivity index (χ2v) is 6.98. The third-order valence-electron chi connectivity index (χ3n) is 2.76. The number of nitrogens with zero attached hydrogens (tertiary/aromatic N) is 1. The summed E-state index contributed by atoms with van der Waals surface area (Å²) in [6.07, 6.45) is 4.02. The first-order valence-electron chi connectivity index (χ1n) is 7.35. The Kier molecular flexibility index (Phi) is 9.39. The molecule has 114 valence electrons. The molecule has 20 heavy (non-hydrogen) atoms. The van der Waals surface area contributed by atoms with Crippen LogP contribution in [0.4, 0.5) is 0 Å². The minimum absolute atomic E-state index is 0.367. The molecule has 0 aliphatic rings. The van der Waals surface area contributed by atoms with Crippen LogP contribution >= 0.6 is 11.3 Å². The Bertz CT molecular complexity index is 416. The molecule has 0 aromatic carbocycles. The predicted molar refractivity (Wildman–Crippen MR) is 89.4 cm³/mol. The van der Waals surface area contributed by atoms with E-state index in [1.165, 1.54) is 5.01 Å². The fourth-order valence-corrected chi connectivity index (χ4v) is 2.24. The minimum Gasteiger partial charge on any atom is -0.298 e. The van der Waals surface area contributed by atoms with Crippen LogP contribution in [0.25, 0.3) is 0 Å². The molecular weight excluding hydrogens is 266 g/mol. The quantitative estimate of drug-likeness (QED) is 0.538. The maximum atomic E-state index is 10.5. The van der Waals surface area contributed by atoms with E-state index in [2.05, 4.69) is 38.1 Å². The summed E-state index contributed by atoms with van der Waals surface area (Å²) in [7, 11) is 0. The van der Waals surface area contributed by atoms with Crippen molar-refractivity contribution in [3.63, 3.8) is 0 Å². The van der Waals surface area contributed by atoms with Gasteiger partial charge in [-0.25, -0.2) is 4.98 Å². The number of hydrogen-bond acceptors (Lipinski definition) is 3. The standard InChI is InChI=1S/C10H18O.C7H11NS/c1-8(2)5-6-10(7-11)9(3)4;1-5(2)7-8-6(3)4-9-7/h6-9H,5H2,1-4H3;4-5H,1-3H3. The molecule has 0 bridgehead atoms. The zero-order chi connectivity index (χ0) is 15.7. The van der Waals surface area contributed by atoms with Crippen LogP contribution in [-0.2, 0) is 4.79 Å². The summed E-state index contributed by atoms with van der Waals surface area (Å²) < 4.78 is 0. The van der Waals surface area contributed by atoms with E-state index in [0.29, 0.717) is 17.8 Å². The zero-order valence-electron chi connectivity index (χ0n) is 13.9. The number of allylic oxidation sites excluding steroid dienone is 2. The number of thiazole rings is 1. The van der Waals surface area contributed by atoms with Gasteiger partial charge in [0.2, 0.25) is 0 Å². The van der Waals surface area contributed by atoms with E-state index >= 15 is 0 Å². The van der Waals surface area contributed by atoms with Gasteiger partial charge in [0.1, 0.15) is 6.29 Å². The molecule has 0 amide bonds. The molecule has 0 radical (unpaired) electrons. The molecule has 0 atom stereocenters. The average Bonchev–Trinajstić information content (AvgIpc) is 2.77. The van der Waals surface area contributed by atoms with Crippen LogP contribution in [0.1, 0.15) is 64.6 Å². The number of aryl methyl sites for hydroxylation is 1. The SMILES string of the molecule is CC(C)CC=C(C=O)C(C)C.Cc1csc(C(C)C)n1. The molecule has 0 saturated carbocycles. The average molecular weight is 295 g/mol. The fourth-order valence-electron chi connectivity index (χ4n) is 1.43. The van der Waals surface area contributed by atoms with Crippen molar-refractivity contribution in [1.29, 1.82) is 0 Å². The fraction of sp³-hybridized carbons (Fsp3) is 0.647. The van der Waals surface area contributed by atoms with Crippen molar-refractivity contribution in [2.45, 2.75) is 60.8 Å². The minimum atomic E-state index is 0.367. The highest BCUT2D eigenvalue weighted by Gasteiger charge is 2.01. The third-order valence-corrected chi connectivity index (χ3v) is 4.02. The largest absolute Gasteiger partial charge is 0.298 e. The Morgan fingerprint density at radius 1 is 1.25 bits per heavy atom.